The summed E-state index contributed by atoms with van der Waals surface area (Å²) in [4.78, 5) is 11.1. The summed E-state index contributed by atoms with van der Waals surface area (Å²) in [6.45, 7) is 1.38. The Balaban J connectivity index is 2.49. The lowest BCUT2D eigenvalue weighted by atomic mass is 10.0. The topological polar surface area (TPSA) is 124 Å². The predicted octanol–water partition coefficient (Wildman–Crippen LogP) is 0.502. The van der Waals surface area contributed by atoms with Crippen molar-refractivity contribution >= 4 is 43.1 Å². The van der Waals surface area contributed by atoms with Gasteiger partial charge in [0.05, 0.1) is 29.1 Å². The van der Waals surface area contributed by atoms with Crippen LogP contribution in [0.1, 0.15) is 13.3 Å². The monoisotopic (exact) mass is 396 g/mol. The number of ketones is 1. The van der Waals surface area contributed by atoms with Crippen molar-refractivity contribution in [1.82, 2.24) is 0 Å². The zero-order chi connectivity index (χ0) is 18.3. The summed E-state index contributed by atoms with van der Waals surface area (Å²) in [6, 6.07) is 3.69. The van der Waals surface area contributed by atoms with Gasteiger partial charge >= 0.3 is 0 Å². The standard InChI is InChI=1S/C13H17ClN2O6S2/c1-13(6-10(17)7-22-13)8-16(23(2,18)19)9-3-4-11(14)12(5-9)24(15,20)21/h3-5H,6-8H2,1-2H3,(H2,15,20,21). The first-order valence-electron chi connectivity index (χ1n) is 6.78. The normalized spacial score (nSPS) is 21.9. The molecule has 1 aliphatic heterocycles. The van der Waals surface area contributed by atoms with Crippen LogP contribution in [0.2, 0.25) is 5.02 Å². The molecule has 1 aromatic rings. The molecule has 1 unspecified atom stereocenters. The molecule has 0 spiro atoms. The van der Waals surface area contributed by atoms with Crippen molar-refractivity contribution in [3.8, 4) is 0 Å². The summed E-state index contributed by atoms with van der Waals surface area (Å²) in [5.41, 5.74) is -0.934. The number of primary sulfonamides is 1. The van der Waals surface area contributed by atoms with E-state index in [1.165, 1.54) is 12.1 Å². The maximum Gasteiger partial charge on any atom is 0.239 e. The first-order valence-corrected chi connectivity index (χ1v) is 10.5. The van der Waals surface area contributed by atoms with Gasteiger partial charge in [-0.1, -0.05) is 11.6 Å². The smallest absolute Gasteiger partial charge is 0.239 e. The Morgan fingerprint density at radius 1 is 1.33 bits per heavy atom. The summed E-state index contributed by atoms with van der Waals surface area (Å²) in [5.74, 6) is -0.132. The van der Waals surface area contributed by atoms with Crippen LogP contribution in [0, 0.1) is 0 Å². The third-order valence-electron chi connectivity index (χ3n) is 3.54. The fourth-order valence-electron chi connectivity index (χ4n) is 2.44. The van der Waals surface area contributed by atoms with Crippen LogP contribution < -0.4 is 9.44 Å². The molecule has 2 N–H and O–H groups in total. The number of carbonyl (C=O) groups is 1. The minimum absolute atomic E-state index is 0.0641. The number of sulfonamides is 2. The third-order valence-corrected chi connectivity index (χ3v) is 6.07. The Hall–Kier alpha value is -1.20. The molecule has 11 heteroatoms. The Labute approximate surface area is 145 Å². The number of nitrogens with two attached hydrogens (primary N) is 1. The lowest BCUT2D eigenvalue weighted by molar-refractivity contribution is -0.117. The number of nitrogens with zero attached hydrogens (tertiary/aromatic N) is 1. The minimum atomic E-state index is -4.13. The van der Waals surface area contributed by atoms with E-state index in [0.29, 0.717) is 0 Å². The van der Waals surface area contributed by atoms with Gasteiger partial charge in [-0.3, -0.25) is 9.10 Å². The first-order chi connectivity index (χ1) is 10.8. The van der Waals surface area contributed by atoms with Gasteiger partial charge in [0, 0.05) is 6.42 Å². The van der Waals surface area contributed by atoms with Crippen LogP contribution in [0.3, 0.4) is 0 Å². The molecule has 1 atom stereocenters. The maximum atomic E-state index is 12.2. The van der Waals surface area contributed by atoms with Crippen LogP contribution in [-0.4, -0.2) is 47.6 Å². The van der Waals surface area contributed by atoms with Crippen LogP contribution in [0.4, 0.5) is 5.69 Å². The number of anilines is 1. The van der Waals surface area contributed by atoms with Gasteiger partial charge in [-0.05, 0) is 25.1 Å². The average molecular weight is 397 g/mol. The summed E-state index contributed by atoms with van der Waals surface area (Å²) < 4.78 is 53.9. The van der Waals surface area contributed by atoms with Crippen LogP contribution in [-0.2, 0) is 29.6 Å². The number of ether oxygens (including phenoxy) is 1. The van der Waals surface area contributed by atoms with E-state index in [-0.39, 0.29) is 41.0 Å². The van der Waals surface area contributed by atoms with Crippen molar-refractivity contribution < 1.29 is 26.4 Å². The second-order valence-corrected chi connectivity index (χ2v) is 9.73. The van der Waals surface area contributed by atoms with Gasteiger partial charge in [-0.2, -0.15) is 0 Å². The average Bonchev–Trinajstić information content (AvgIpc) is 2.74. The number of rotatable bonds is 5. The lowest BCUT2D eigenvalue weighted by Gasteiger charge is -2.31. The third kappa shape index (κ3) is 4.25. The quantitative estimate of drug-likeness (QED) is 0.772. The zero-order valence-corrected chi connectivity index (χ0v) is 15.4. The molecule has 0 aliphatic carbocycles. The van der Waals surface area contributed by atoms with Crippen LogP contribution >= 0.6 is 11.6 Å². The van der Waals surface area contributed by atoms with Crippen molar-refractivity contribution in [2.75, 3.05) is 23.7 Å². The van der Waals surface area contributed by atoms with E-state index < -0.39 is 25.6 Å². The van der Waals surface area contributed by atoms with E-state index >= 15 is 0 Å². The van der Waals surface area contributed by atoms with Gasteiger partial charge in [-0.25, -0.2) is 22.0 Å². The molecule has 0 radical (unpaired) electrons. The summed E-state index contributed by atoms with van der Waals surface area (Å²) in [5, 5.41) is 4.98. The van der Waals surface area contributed by atoms with Gasteiger partial charge in [0.15, 0.2) is 5.78 Å². The summed E-state index contributed by atoms with van der Waals surface area (Å²) in [6.07, 6.45) is 1.03. The van der Waals surface area contributed by atoms with Crippen LogP contribution in [0.25, 0.3) is 0 Å². The SMILES string of the molecule is CC1(CN(c2ccc(Cl)c(S(N)(=O)=O)c2)S(C)(=O)=O)CC(=O)CO1. The van der Waals surface area contributed by atoms with E-state index in [0.717, 1.165) is 16.6 Å². The second kappa shape index (κ2) is 6.26. The number of carbonyl (C=O) groups excluding carboxylic acids is 1. The molecule has 0 amide bonds. The van der Waals surface area contributed by atoms with Crippen molar-refractivity contribution in [3.63, 3.8) is 0 Å². The minimum Gasteiger partial charge on any atom is -0.365 e. The molecule has 1 saturated heterocycles. The fraction of sp³-hybridized carbons (Fsp3) is 0.462. The number of Topliss-reactive ketones (excluding diaryl/α,β-unsaturated/α-hetero) is 1. The molecule has 8 nitrogen and oxygen atoms in total. The van der Waals surface area contributed by atoms with Gasteiger partial charge in [0.25, 0.3) is 0 Å². The molecule has 1 aliphatic rings. The Morgan fingerprint density at radius 2 is 1.96 bits per heavy atom. The molecular weight excluding hydrogens is 380 g/mol. The fourth-order valence-corrected chi connectivity index (χ4v) is 4.51. The van der Waals surface area contributed by atoms with E-state index in [2.05, 4.69) is 0 Å². The van der Waals surface area contributed by atoms with Gasteiger partial charge in [-0.15, -0.1) is 0 Å². The first kappa shape index (κ1) is 19.1. The highest BCUT2D eigenvalue weighted by Gasteiger charge is 2.39. The van der Waals surface area contributed by atoms with Crippen molar-refractivity contribution in [2.24, 2.45) is 5.14 Å². The molecule has 0 saturated carbocycles. The van der Waals surface area contributed by atoms with E-state index in [1.807, 2.05) is 0 Å². The molecule has 134 valence electrons. The Bertz CT molecular complexity index is 884. The Kier molecular flexibility index (Phi) is 4.99. The second-order valence-electron chi connectivity index (χ2n) is 5.88. The van der Waals surface area contributed by atoms with Crippen molar-refractivity contribution in [1.29, 1.82) is 0 Å². The largest absolute Gasteiger partial charge is 0.365 e. The predicted molar refractivity (Wildman–Crippen MR) is 89.0 cm³/mol. The molecule has 2 rings (SSSR count). The van der Waals surface area contributed by atoms with Gasteiger partial charge in [0.2, 0.25) is 20.0 Å². The molecule has 0 bridgehead atoms. The molecular formula is C13H17ClN2O6S2. The molecule has 24 heavy (non-hydrogen) atoms. The summed E-state index contributed by atoms with van der Waals surface area (Å²) in [7, 11) is -7.90. The maximum absolute atomic E-state index is 12.2. The summed E-state index contributed by atoms with van der Waals surface area (Å²) >= 11 is 5.82. The lowest BCUT2D eigenvalue weighted by Crippen LogP contribution is -2.43. The van der Waals surface area contributed by atoms with Gasteiger partial charge in [0.1, 0.15) is 11.5 Å². The van der Waals surface area contributed by atoms with Gasteiger partial charge < -0.3 is 4.74 Å². The van der Waals surface area contributed by atoms with Crippen LogP contribution in [0.15, 0.2) is 23.1 Å². The van der Waals surface area contributed by atoms with Crippen molar-refractivity contribution in [2.45, 2.75) is 23.8 Å². The van der Waals surface area contributed by atoms with Crippen LogP contribution in [0.5, 0.6) is 0 Å². The van der Waals surface area contributed by atoms with Crippen molar-refractivity contribution in [3.05, 3.63) is 23.2 Å². The molecule has 0 aromatic heterocycles. The van der Waals surface area contributed by atoms with E-state index in [1.54, 1.807) is 6.92 Å². The highest BCUT2D eigenvalue weighted by atomic mass is 35.5. The molecule has 1 aromatic carbocycles. The Morgan fingerprint density at radius 3 is 2.42 bits per heavy atom. The van der Waals surface area contributed by atoms with E-state index in [9.17, 15) is 21.6 Å². The number of hydrogen-bond acceptors (Lipinski definition) is 6. The molecule has 1 heterocycles. The molecule has 1 fully saturated rings. The number of halogens is 1. The number of benzene rings is 1. The van der Waals surface area contributed by atoms with E-state index in [4.69, 9.17) is 21.5 Å². The zero-order valence-electron chi connectivity index (χ0n) is 13.0. The highest BCUT2D eigenvalue weighted by Crippen LogP contribution is 2.31. The number of hydrogen-bond donors (Lipinski definition) is 1. The highest BCUT2D eigenvalue weighted by molar-refractivity contribution is 7.92.